The van der Waals surface area contributed by atoms with Crippen LogP contribution >= 0.6 is 0 Å². The van der Waals surface area contributed by atoms with E-state index in [0.29, 0.717) is 6.42 Å². The van der Waals surface area contributed by atoms with Gasteiger partial charge in [-0.3, -0.25) is 0 Å². The normalized spacial score (nSPS) is 8.35. The molecule has 0 saturated carbocycles. The summed E-state index contributed by atoms with van der Waals surface area (Å²) in [6.45, 7) is 6.58. The van der Waals surface area contributed by atoms with E-state index in [4.69, 9.17) is 10.2 Å². The Kier molecular flexibility index (Phi) is 15.0. The van der Waals surface area contributed by atoms with Crippen LogP contribution in [0.2, 0.25) is 0 Å². The van der Waals surface area contributed by atoms with Crippen molar-refractivity contribution in [3.05, 3.63) is 25.3 Å². The summed E-state index contributed by atoms with van der Waals surface area (Å²) >= 11 is 0. The maximum atomic E-state index is 10.3. The lowest BCUT2D eigenvalue weighted by molar-refractivity contribution is -0.139. The Morgan fingerprint density at radius 3 is 1.76 bits per heavy atom. The number of esters is 2. The number of hydrogen-bond acceptors (Lipinski definition) is 6. The predicted molar refractivity (Wildman–Crippen MR) is 61.1 cm³/mol. The average molecular weight is 246 g/mol. The first kappa shape index (κ1) is 17.7. The van der Waals surface area contributed by atoms with Gasteiger partial charge in [0.05, 0.1) is 13.2 Å². The third-order valence-electron chi connectivity index (χ3n) is 1.22. The number of aliphatic hydroxyl groups excluding tert-OH is 2. The highest BCUT2D eigenvalue weighted by atomic mass is 16.5. The molecule has 2 N–H and O–H groups in total. The number of ether oxygens (including phenoxy) is 2. The van der Waals surface area contributed by atoms with Crippen molar-refractivity contribution in [2.24, 2.45) is 0 Å². The number of hydrogen-bond donors (Lipinski definition) is 2. The Bertz CT molecular complexity index is 236. The van der Waals surface area contributed by atoms with Crippen molar-refractivity contribution in [3.63, 3.8) is 0 Å². The molecule has 17 heavy (non-hydrogen) atoms. The zero-order chi connectivity index (χ0) is 13.5. The van der Waals surface area contributed by atoms with Gasteiger partial charge in [0.25, 0.3) is 0 Å². The summed E-state index contributed by atoms with van der Waals surface area (Å²) in [4.78, 5) is 20.4. The molecule has 0 aliphatic rings. The number of rotatable bonds is 7. The quantitative estimate of drug-likeness (QED) is 0.367. The Hall–Kier alpha value is -1.66. The van der Waals surface area contributed by atoms with Gasteiger partial charge in [0, 0.05) is 25.2 Å². The molecule has 0 aliphatic heterocycles. The van der Waals surface area contributed by atoms with Crippen LogP contribution in [0.15, 0.2) is 25.3 Å². The lowest BCUT2D eigenvalue weighted by Gasteiger charge is -1.96. The van der Waals surface area contributed by atoms with Crippen molar-refractivity contribution in [3.8, 4) is 0 Å². The molecule has 0 aliphatic carbocycles. The molecule has 0 saturated heterocycles. The van der Waals surface area contributed by atoms with Crippen molar-refractivity contribution >= 4 is 11.9 Å². The van der Waals surface area contributed by atoms with Gasteiger partial charge >= 0.3 is 11.9 Å². The largest absolute Gasteiger partial charge is 0.462 e. The van der Waals surface area contributed by atoms with E-state index in [1.54, 1.807) is 0 Å². The summed E-state index contributed by atoms with van der Waals surface area (Å²) in [5.41, 5.74) is 0. The molecular formula is C11H18O6. The molecule has 6 nitrogen and oxygen atoms in total. The highest BCUT2D eigenvalue weighted by Gasteiger charge is 1.92. The van der Waals surface area contributed by atoms with Crippen LogP contribution in [0.25, 0.3) is 0 Å². The molecule has 0 spiro atoms. The minimum Gasteiger partial charge on any atom is -0.462 e. The van der Waals surface area contributed by atoms with E-state index in [1.165, 1.54) is 0 Å². The topological polar surface area (TPSA) is 93.1 Å². The molecule has 0 aromatic carbocycles. The van der Waals surface area contributed by atoms with Crippen molar-refractivity contribution in [2.45, 2.75) is 6.42 Å². The minimum absolute atomic E-state index is 0.0461. The van der Waals surface area contributed by atoms with Gasteiger partial charge in [0.15, 0.2) is 0 Å². The van der Waals surface area contributed by atoms with Crippen LogP contribution in [0.5, 0.6) is 0 Å². The number of aliphatic hydroxyl groups is 2. The standard InChI is InChI=1S/C6H10O3.C5H8O3/c1-2-6(8)9-5-3-4-7;1-2-5(7)8-4-3-6/h2,7H,1,3-5H2;2,6H,1,3-4H2. The third kappa shape index (κ3) is 17.0. The Morgan fingerprint density at radius 2 is 1.41 bits per heavy atom. The van der Waals surface area contributed by atoms with Gasteiger partial charge in [-0.25, -0.2) is 9.59 Å². The fourth-order valence-electron chi connectivity index (χ4n) is 0.501. The summed E-state index contributed by atoms with van der Waals surface area (Å²) in [6, 6.07) is 0. The molecule has 0 bridgehead atoms. The van der Waals surface area contributed by atoms with Crippen LogP contribution < -0.4 is 0 Å². The van der Waals surface area contributed by atoms with E-state index >= 15 is 0 Å². The molecule has 0 radical (unpaired) electrons. The van der Waals surface area contributed by atoms with Gasteiger partial charge in [-0.2, -0.15) is 0 Å². The summed E-state index contributed by atoms with van der Waals surface area (Å²) in [7, 11) is 0. The van der Waals surface area contributed by atoms with Gasteiger partial charge in [0.1, 0.15) is 6.61 Å². The maximum Gasteiger partial charge on any atom is 0.330 e. The Morgan fingerprint density at radius 1 is 0.941 bits per heavy atom. The lowest BCUT2D eigenvalue weighted by atomic mass is 10.5. The maximum absolute atomic E-state index is 10.3. The fourth-order valence-corrected chi connectivity index (χ4v) is 0.501. The second-order valence-electron chi connectivity index (χ2n) is 2.54. The molecular weight excluding hydrogens is 228 g/mol. The van der Waals surface area contributed by atoms with E-state index in [9.17, 15) is 9.59 Å². The molecule has 6 heteroatoms. The zero-order valence-electron chi connectivity index (χ0n) is 9.63. The van der Waals surface area contributed by atoms with Crippen molar-refractivity contribution in [2.75, 3.05) is 26.4 Å². The second-order valence-corrected chi connectivity index (χ2v) is 2.54. The average Bonchev–Trinajstić information content (AvgIpc) is 2.36. The zero-order valence-corrected chi connectivity index (χ0v) is 9.63. The molecule has 0 atom stereocenters. The van der Waals surface area contributed by atoms with Crippen molar-refractivity contribution in [1.29, 1.82) is 0 Å². The van der Waals surface area contributed by atoms with E-state index in [1.807, 2.05) is 0 Å². The summed E-state index contributed by atoms with van der Waals surface area (Å²) in [5.74, 6) is -0.942. The summed E-state index contributed by atoms with van der Waals surface area (Å²) in [6.07, 6.45) is 2.63. The van der Waals surface area contributed by atoms with Crippen LogP contribution in [-0.4, -0.2) is 48.6 Å². The van der Waals surface area contributed by atoms with E-state index in [-0.39, 0.29) is 26.4 Å². The van der Waals surface area contributed by atoms with Gasteiger partial charge in [-0.1, -0.05) is 13.2 Å². The molecule has 0 heterocycles. The first-order valence-corrected chi connectivity index (χ1v) is 4.92. The third-order valence-corrected chi connectivity index (χ3v) is 1.22. The summed E-state index contributed by atoms with van der Waals surface area (Å²) in [5, 5.41) is 16.3. The highest BCUT2D eigenvalue weighted by molar-refractivity contribution is 5.81. The number of carbonyl (C=O) groups excluding carboxylic acids is 2. The first-order valence-electron chi connectivity index (χ1n) is 4.92. The summed E-state index contributed by atoms with van der Waals surface area (Å²) < 4.78 is 8.85. The highest BCUT2D eigenvalue weighted by Crippen LogP contribution is 1.82. The van der Waals surface area contributed by atoms with Gasteiger partial charge in [-0.05, 0) is 0 Å². The SMILES string of the molecule is C=CC(=O)OCCCO.C=CC(=O)OCCO. The molecule has 0 aromatic rings. The first-order chi connectivity index (χ1) is 8.12. The Balaban J connectivity index is 0. The van der Waals surface area contributed by atoms with E-state index in [2.05, 4.69) is 22.6 Å². The van der Waals surface area contributed by atoms with Crippen LogP contribution in [0.3, 0.4) is 0 Å². The smallest absolute Gasteiger partial charge is 0.330 e. The lowest BCUT2D eigenvalue weighted by Crippen LogP contribution is -2.04. The van der Waals surface area contributed by atoms with Crippen LogP contribution in [0.4, 0.5) is 0 Å². The van der Waals surface area contributed by atoms with E-state index < -0.39 is 11.9 Å². The molecule has 0 unspecified atom stereocenters. The number of carbonyl (C=O) groups is 2. The van der Waals surface area contributed by atoms with Crippen LogP contribution in [-0.2, 0) is 19.1 Å². The van der Waals surface area contributed by atoms with Gasteiger partial charge in [0.2, 0.25) is 0 Å². The fraction of sp³-hybridized carbons (Fsp3) is 0.455. The predicted octanol–water partition coefficient (Wildman–Crippen LogP) is -0.194. The minimum atomic E-state index is -0.501. The monoisotopic (exact) mass is 246 g/mol. The van der Waals surface area contributed by atoms with Crippen molar-refractivity contribution < 1.29 is 29.3 Å². The van der Waals surface area contributed by atoms with Crippen molar-refractivity contribution in [1.82, 2.24) is 0 Å². The van der Waals surface area contributed by atoms with E-state index in [0.717, 1.165) is 12.2 Å². The molecule has 0 aromatic heterocycles. The van der Waals surface area contributed by atoms with Gasteiger partial charge in [-0.15, -0.1) is 0 Å². The Labute approximate surface area is 100 Å². The van der Waals surface area contributed by atoms with Crippen LogP contribution in [0, 0.1) is 0 Å². The molecule has 0 rings (SSSR count). The van der Waals surface area contributed by atoms with Crippen LogP contribution in [0.1, 0.15) is 6.42 Å². The second kappa shape index (κ2) is 14.3. The molecule has 0 fully saturated rings. The molecule has 98 valence electrons. The molecule has 0 amide bonds. The van der Waals surface area contributed by atoms with Gasteiger partial charge < -0.3 is 19.7 Å².